The Kier molecular flexibility index (Phi) is 5.81. The van der Waals surface area contributed by atoms with Crippen LogP contribution in [0.4, 0.5) is 0 Å². The van der Waals surface area contributed by atoms with Crippen LogP contribution in [0, 0.1) is 12.8 Å². The zero-order valence-electron chi connectivity index (χ0n) is 14.9. The fraction of sp³-hybridized carbons (Fsp3) is 0.526. The molecule has 0 spiro atoms. The molecule has 6 nitrogen and oxygen atoms in total. The highest BCUT2D eigenvalue weighted by Gasteiger charge is 2.24. The smallest absolute Gasteiger partial charge is 0.222 e. The summed E-state index contributed by atoms with van der Waals surface area (Å²) in [5.74, 6) is 0.692. The molecule has 1 aromatic carbocycles. The Balaban J connectivity index is 1.51. The number of amides is 1. The maximum Gasteiger partial charge on any atom is 0.222 e. The van der Waals surface area contributed by atoms with Crippen molar-refractivity contribution in [2.75, 3.05) is 13.1 Å². The van der Waals surface area contributed by atoms with Crippen LogP contribution >= 0.6 is 0 Å². The standard InChI is InChI=1S/C19H27N5O/c1-15-5-2-3-7-17(15)8-9-19(25)23-10-4-6-16(12-23)13-24-14-18(11-20)21-22-24/h2-3,5,7,14,16H,4,6,8-13,20H2,1H3. The van der Waals surface area contributed by atoms with Crippen molar-refractivity contribution in [1.82, 2.24) is 19.9 Å². The lowest BCUT2D eigenvalue weighted by Crippen LogP contribution is -2.41. The van der Waals surface area contributed by atoms with Gasteiger partial charge in [-0.15, -0.1) is 5.10 Å². The lowest BCUT2D eigenvalue weighted by atomic mass is 9.97. The Hall–Kier alpha value is -2.21. The normalized spacial score (nSPS) is 17.7. The first-order valence-corrected chi connectivity index (χ1v) is 9.07. The minimum atomic E-state index is 0.259. The zero-order valence-corrected chi connectivity index (χ0v) is 14.9. The number of piperidine rings is 1. The summed E-state index contributed by atoms with van der Waals surface area (Å²) in [6.45, 7) is 4.99. The predicted molar refractivity (Wildman–Crippen MR) is 96.7 cm³/mol. The van der Waals surface area contributed by atoms with Crippen LogP contribution in [0.5, 0.6) is 0 Å². The van der Waals surface area contributed by atoms with Crippen molar-refractivity contribution in [2.24, 2.45) is 11.7 Å². The third kappa shape index (κ3) is 4.66. The average molecular weight is 341 g/mol. The first-order valence-electron chi connectivity index (χ1n) is 9.07. The zero-order chi connectivity index (χ0) is 17.6. The number of hydrogen-bond donors (Lipinski definition) is 1. The number of benzene rings is 1. The molecule has 0 radical (unpaired) electrons. The van der Waals surface area contributed by atoms with E-state index in [4.69, 9.17) is 5.73 Å². The van der Waals surface area contributed by atoms with Crippen molar-refractivity contribution in [3.8, 4) is 0 Å². The van der Waals surface area contributed by atoms with E-state index < -0.39 is 0 Å². The highest BCUT2D eigenvalue weighted by Crippen LogP contribution is 2.20. The van der Waals surface area contributed by atoms with Crippen LogP contribution in [-0.2, 0) is 24.3 Å². The molecular formula is C19H27N5O. The summed E-state index contributed by atoms with van der Waals surface area (Å²) in [6, 6.07) is 8.29. The number of carbonyl (C=O) groups is 1. The van der Waals surface area contributed by atoms with Crippen LogP contribution in [0.25, 0.3) is 0 Å². The van der Waals surface area contributed by atoms with Gasteiger partial charge < -0.3 is 10.6 Å². The second-order valence-corrected chi connectivity index (χ2v) is 6.91. The molecule has 1 saturated heterocycles. The van der Waals surface area contributed by atoms with Gasteiger partial charge in [-0.05, 0) is 43.2 Å². The van der Waals surface area contributed by atoms with Crippen LogP contribution < -0.4 is 5.73 Å². The van der Waals surface area contributed by atoms with Gasteiger partial charge in [0, 0.05) is 38.8 Å². The molecule has 1 aromatic heterocycles. The quantitative estimate of drug-likeness (QED) is 0.871. The van der Waals surface area contributed by atoms with Crippen molar-refractivity contribution >= 4 is 5.91 Å². The number of aryl methyl sites for hydroxylation is 2. The molecule has 0 saturated carbocycles. The molecule has 2 heterocycles. The molecule has 1 amide bonds. The molecule has 25 heavy (non-hydrogen) atoms. The molecule has 1 unspecified atom stereocenters. The molecule has 6 heteroatoms. The summed E-state index contributed by atoms with van der Waals surface area (Å²) >= 11 is 0. The van der Waals surface area contributed by atoms with Gasteiger partial charge in [-0.25, -0.2) is 0 Å². The van der Waals surface area contributed by atoms with Crippen LogP contribution in [0.3, 0.4) is 0 Å². The summed E-state index contributed by atoms with van der Waals surface area (Å²) in [7, 11) is 0. The Bertz CT molecular complexity index is 711. The van der Waals surface area contributed by atoms with Crippen molar-refractivity contribution in [3.63, 3.8) is 0 Å². The molecule has 3 rings (SSSR count). The third-order valence-electron chi connectivity index (χ3n) is 4.98. The van der Waals surface area contributed by atoms with Gasteiger partial charge in [0.15, 0.2) is 0 Å². The molecule has 0 bridgehead atoms. The number of nitrogens with zero attached hydrogens (tertiary/aromatic N) is 4. The second kappa shape index (κ2) is 8.25. The number of rotatable bonds is 6. The Morgan fingerprint density at radius 1 is 1.36 bits per heavy atom. The monoisotopic (exact) mass is 341 g/mol. The first-order chi connectivity index (χ1) is 12.2. The number of nitrogens with two attached hydrogens (primary N) is 1. The largest absolute Gasteiger partial charge is 0.342 e. The predicted octanol–water partition coefficient (Wildman–Crippen LogP) is 1.92. The van der Waals surface area contributed by atoms with E-state index in [-0.39, 0.29) is 5.91 Å². The third-order valence-corrected chi connectivity index (χ3v) is 4.98. The highest BCUT2D eigenvalue weighted by molar-refractivity contribution is 5.76. The molecular weight excluding hydrogens is 314 g/mol. The Labute approximate surface area is 149 Å². The summed E-state index contributed by atoms with van der Waals surface area (Å²) in [5, 5.41) is 8.15. The summed E-state index contributed by atoms with van der Waals surface area (Å²) < 4.78 is 1.86. The van der Waals surface area contributed by atoms with Gasteiger partial charge in [0.2, 0.25) is 5.91 Å². The van der Waals surface area contributed by atoms with E-state index in [0.29, 0.717) is 18.9 Å². The van der Waals surface area contributed by atoms with E-state index in [0.717, 1.165) is 44.6 Å². The average Bonchev–Trinajstić information content (AvgIpc) is 3.08. The minimum Gasteiger partial charge on any atom is -0.342 e. The van der Waals surface area contributed by atoms with Gasteiger partial charge in [-0.3, -0.25) is 9.48 Å². The molecule has 1 atom stereocenters. The van der Waals surface area contributed by atoms with Gasteiger partial charge in [-0.1, -0.05) is 29.5 Å². The van der Waals surface area contributed by atoms with Crippen molar-refractivity contribution in [3.05, 3.63) is 47.3 Å². The minimum absolute atomic E-state index is 0.259. The van der Waals surface area contributed by atoms with Gasteiger partial charge in [-0.2, -0.15) is 0 Å². The van der Waals surface area contributed by atoms with E-state index in [1.54, 1.807) is 0 Å². The van der Waals surface area contributed by atoms with Crippen molar-refractivity contribution in [1.29, 1.82) is 0 Å². The molecule has 0 aliphatic carbocycles. The first kappa shape index (κ1) is 17.6. The molecule has 1 aliphatic rings. The Morgan fingerprint density at radius 3 is 2.96 bits per heavy atom. The van der Waals surface area contributed by atoms with Crippen molar-refractivity contribution in [2.45, 2.75) is 45.7 Å². The number of hydrogen-bond acceptors (Lipinski definition) is 4. The van der Waals surface area contributed by atoms with E-state index in [9.17, 15) is 4.79 Å². The van der Waals surface area contributed by atoms with Crippen LogP contribution in [0.15, 0.2) is 30.5 Å². The number of likely N-dealkylation sites (tertiary alicyclic amines) is 1. The van der Waals surface area contributed by atoms with Gasteiger partial charge in [0.05, 0.1) is 5.69 Å². The number of carbonyl (C=O) groups excluding carboxylic acids is 1. The number of aromatic nitrogens is 3. The SMILES string of the molecule is Cc1ccccc1CCC(=O)N1CCCC(Cn2cc(CN)nn2)C1. The molecule has 1 fully saturated rings. The summed E-state index contributed by atoms with van der Waals surface area (Å²) in [6.07, 6.45) is 5.48. The van der Waals surface area contributed by atoms with E-state index in [1.807, 2.05) is 27.9 Å². The summed E-state index contributed by atoms with van der Waals surface area (Å²) in [4.78, 5) is 14.6. The molecule has 1 aliphatic heterocycles. The Morgan fingerprint density at radius 2 is 2.20 bits per heavy atom. The van der Waals surface area contributed by atoms with Crippen molar-refractivity contribution < 1.29 is 4.79 Å². The second-order valence-electron chi connectivity index (χ2n) is 6.91. The van der Waals surface area contributed by atoms with Crippen LogP contribution in [0.2, 0.25) is 0 Å². The molecule has 2 aromatic rings. The van der Waals surface area contributed by atoms with Gasteiger partial charge in [0.25, 0.3) is 0 Å². The van der Waals surface area contributed by atoms with Crippen LogP contribution in [-0.4, -0.2) is 38.9 Å². The van der Waals surface area contributed by atoms with Crippen LogP contribution in [0.1, 0.15) is 36.1 Å². The maximum absolute atomic E-state index is 12.6. The van der Waals surface area contributed by atoms with Gasteiger partial charge >= 0.3 is 0 Å². The highest BCUT2D eigenvalue weighted by atomic mass is 16.2. The fourth-order valence-electron chi connectivity index (χ4n) is 3.52. The fourth-order valence-corrected chi connectivity index (χ4v) is 3.52. The molecule has 134 valence electrons. The lowest BCUT2D eigenvalue weighted by Gasteiger charge is -2.32. The topological polar surface area (TPSA) is 77.0 Å². The van der Waals surface area contributed by atoms with E-state index >= 15 is 0 Å². The summed E-state index contributed by atoms with van der Waals surface area (Å²) in [5.41, 5.74) is 8.91. The van der Waals surface area contributed by atoms with E-state index in [2.05, 4.69) is 29.4 Å². The van der Waals surface area contributed by atoms with E-state index in [1.165, 1.54) is 11.1 Å². The lowest BCUT2D eigenvalue weighted by molar-refractivity contribution is -0.133. The maximum atomic E-state index is 12.6. The van der Waals surface area contributed by atoms with Gasteiger partial charge in [0.1, 0.15) is 0 Å². The molecule has 2 N–H and O–H groups in total.